The van der Waals surface area contributed by atoms with Gasteiger partial charge in [-0.15, -0.1) is 11.3 Å². The van der Waals surface area contributed by atoms with Crippen LogP contribution in [0, 0.1) is 5.92 Å². The lowest BCUT2D eigenvalue weighted by atomic mass is 9.62. The average Bonchev–Trinajstić information content (AvgIpc) is 3.76. The van der Waals surface area contributed by atoms with E-state index in [4.69, 9.17) is 14.2 Å². The van der Waals surface area contributed by atoms with Gasteiger partial charge in [-0.25, -0.2) is 0 Å². The molecule has 0 aliphatic carbocycles. The number of carbonyl (C=O) groups excluding carboxylic acids is 3. The van der Waals surface area contributed by atoms with Gasteiger partial charge >= 0.3 is 0 Å². The fourth-order valence-corrected chi connectivity index (χ4v) is 7.83. The number of hydrogen-bond donors (Lipinski definition) is 1. The predicted molar refractivity (Wildman–Crippen MR) is 163 cm³/mol. The van der Waals surface area contributed by atoms with Gasteiger partial charge in [0.15, 0.2) is 23.1 Å². The number of rotatable bonds is 7. The zero-order valence-electron chi connectivity index (χ0n) is 23.7. The molecule has 4 atom stereocenters. The van der Waals surface area contributed by atoms with E-state index in [-0.39, 0.29) is 23.0 Å². The molecule has 3 aliphatic rings. The molecule has 4 heterocycles. The molecule has 4 aromatic rings. The Morgan fingerprint density at radius 1 is 0.884 bits per heavy atom. The maximum absolute atomic E-state index is 15.1. The van der Waals surface area contributed by atoms with Crippen molar-refractivity contribution in [3.05, 3.63) is 112 Å². The molecule has 0 radical (unpaired) electrons. The van der Waals surface area contributed by atoms with Gasteiger partial charge < -0.3 is 24.4 Å². The predicted octanol–water partition coefficient (Wildman–Crippen LogP) is 5.76. The van der Waals surface area contributed by atoms with E-state index >= 15 is 4.79 Å². The highest BCUT2D eigenvalue weighted by Crippen LogP contribution is 2.62. The third-order valence-electron chi connectivity index (χ3n) is 8.83. The van der Waals surface area contributed by atoms with Gasteiger partial charge in [-0.2, -0.15) is 0 Å². The van der Waals surface area contributed by atoms with Crippen molar-refractivity contribution in [3.63, 3.8) is 0 Å². The van der Waals surface area contributed by atoms with E-state index in [0.717, 1.165) is 11.1 Å². The zero-order chi connectivity index (χ0) is 29.9. The molecule has 1 N–H and O–H groups in total. The Bertz CT molecular complexity index is 1790. The van der Waals surface area contributed by atoms with Crippen LogP contribution in [0.3, 0.4) is 0 Å². The lowest BCUT2D eigenvalue weighted by Crippen LogP contribution is -2.49. The lowest BCUT2D eigenvalue weighted by molar-refractivity contribution is -0.122. The van der Waals surface area contributed by atoms with E-state index in [0.29, 0.717) is 33.4 Å². The van der Waals surface area contributed by atoms with Crippen LogP contribution in [0.25, 0.3) is 6.08 Å². The first-order chi connectivity index (χ1) is 20.9. The highest BCUT2D eigenvalue weighted by molar-refractivity contribution is 7.12. The Balaban J connectivity index is 1.54. The van der Waals surface area contributed by atoms with Crippen molar-refractivity contribution in [2.24, 2.45) is 5.92 Å². The number of amides is 1. The highest BCUT2D eigenvalue weighted by atomic mass is 32.1. The van der Waals surface area contributed by atoms with Gasteiger partial charge in [-0.05, 0) is 52.4 Å². The van der Waals surface area contributed by atoms with Crippen molar-refractivity contribution in [1.29, 1.82) is 0 Å². The first-order valence-electron chi connectivity index (χ1n) is 13.8. The second kappa shape index (κ2) is 10.1. The van der Waals surface area contributed by atoms with Crippen molar-refractivity contribution >= 4 is 40.6 Å². The first kappa shape index (κ1) is 27.0. The maximum Gasteiger partial charge on any atom is 0.238 e. The topological polar surface area (TPSA) is 94.2 Å². The van der Waals surface area contributed by atoms with E-state index in [9.17, 15) is 9.59 Å². The number of nitrogens with zero attached hydrogens (tertiary/aromatic N) is 1. The lowest BCUT2D eigenvalue weighted by Gasteiger charge is -2.38. The Kier molecular flexibility index (Phi) is 6.36. The van der Waals surface area contributed by atoms with Crippen molar-refractivity contribution < 1.29 is 28.6 Å². The van der Waals surface area contributed by atoms with Crippen molar-refractivity contribution in [3.8, 4) is 17.2 Å². The van der Waals surface area contributed by atoms with Crippen LogP contribution in [0.5, 0.6) is 17.2 Å². The zero-order valence-corrected chi connectivity index (χ0v) is 24.5. The molecule has 1 aromatic heterocycles. The summed E-state index contributed by atoms with van der Waals surface area (Å²) in [5, 5.41) is 4.91. The van der Waals surface area contributed by atoms with E-state index < -0.39 is 23.4 Å². The molecular weight excluding hydrogens is 564 g/mol. The van der Waals surface area contributed by atoms with Gasteiger partial charge in [-0.1, -0.05) is 48.5 Å². The molecule has 0 bridgehead atoms. The van der Waals surface area contributed by atoms with E-state index in [2.05, 4.69) is 5.32 Å². The van der Waals surface area contributed by atoms with Crippen LogP contribution in [-0.2, 0) is 10.2 Å². The molecule has 3 aromatic carbocycles. The summed E-state index contributed by atoms with van der Waals surface area (Å²) in [5.41, 5.74) is 1.95. The number of nitrogens with one attached hydrogen (secondary N) is 1. The van der Waals surface area contributed by atoms with E-state index in [1.165, 1.54) is 32.7 Å². The Labute approximate surface area is 252 Å². The fraction of sp³-hybridized carbons (Fsp3) is 0.206. The molecule has 1 spiro atoms. The molecule has 43 heavy (non-hydrogen) atoms. The minimum absolute atomic E-state index is 0.219. The normalized spacial score (nSPS) is 22.9. The van der Waals surface area contributed by atoms with Crippen molar-refractivity contribution in [2.45, 2.75) is 17.5 Å². The summed E-state index contributed by atoms with van der Waals surface area (Å²) in [6.45, 7) is 0. The number of ether oxygens (including phenoxy) is 3. The standard InChI is InChI=1S/C34H28N2O6S/c1-40-24-17-20(18-25(41-2)31(24)42-3)29(37)27-28(30(38)26-13-8-16-43-26)36-15-14-19-9-4-5-10-21(19)32(36)34(27)22-11-6-7-12-23(22)35-33(34)39/h4-18,27-28,32H,1-3H3,(H,35,39)/t27-,28+,32+,34-/m0/s1. The molecular formula is C34H28N2O6S. The third kappa shape index (κ3) is 3.71. The third-order valence-corrected chi connectivity index (χ3v) is 9.72. The van der Waals surface area contributed by atoms with Crippen LogP contribution in [0.15, 0.2) is 84.4 Å². The minimum Gasteiger partial charge on any atom is -0.493 e. The van der Waals surface area contributed by atoms with Gasteiger partial charge in [0.2, 0.25) is 11.7 Å². The number of thiophene rings is 1. The number of anilines is 1. The van der Waals surface area contributed by atoms with Crippen LogP contribution in [0.1, 0.15) is 42.8 Å². The molecule has 216 valence electrons. The van der Waals surface area contributed by atoms with Crippen LogP contribution in [-0.4, -0.2) is 49.7 Å². The van der Waals surface area contributed by atoms with Crippen LogP contribution in [0.4, 0.5) is 5.69 Å². The first-order valence-corrected chi connectivity index (χ1v) is 14.7. The van der Waals surface area contributed by atoms with E-state index in [1.807, 2.05) is 77.2 Å². The molecule has 0 saturated carbocycles. The van der Waals surface area contributed by atoms with Gasteiger partial charge in [-0.3, -0.25) is 14.4 Å². The summed E-state index contributed by atoms with van der Waals surface area (Å²) in [6, 6.07) is 20.4. The van der Waals surface area contributed by atoms with E-state index in [1.54, 1.807) is 18.2 Å². The summed E-state index contributed by atoms with van der Waals surface area (Å²) in [6.07, 6.45) is 3.81. The van der Waals surface area contributed by atoms with Crippen LogP contribution < -0.4 is 19.5 Å². The number of ketones is 2. The summed E-state index contributed by atoms with van der Waals surface area (Å²) < 4.78 is 16.7. The molecule has 0 unspecified atom stereocenters. The second-order valence-corrected chi connectivity index (χ2v) is 11.7. The van der Waals surface area contributed by atoms with Gasteiger partial charge in [0.25, 0.3) is 0 Å². The number of para-hydroxylation sites is 1. The Morgan fingerprint density at radius 3 is 2.30 bits per heavy atom. The summed E-state index contributed by atoms with van der Waals surface area (Å²) in [5.74, 6) is -1.07. The quantitative estimate of drug-likeness (QED) is 0.273. The summed E-state index contributed by atoms with van der Waals surface area (Å²) >= 11 is 1.32. The molecule has 1 saturated heterocycles. The largest absolute Gasteiger partial charge is 0.493 e. The molecule has 9 heteroatoms. The Hall–Kier alpha value is -4.89. The number of Topliss-reactive ketones (excluding diaryl/α,β-unsaturated/α-hetero) is 2. The monoisotopic (exact) mass is 592 g/mol. The molecule has 1 amide bonds. The SMILES string of the molecule is COc1cc(C(=O)[C@@H]2[C@H](C(=O)c3cccs3)N3C=Cc4ccccc4[C@@H]3[C@@]23C(=O)Nc2ccccc23)cc(OC)c1OC. The molecule has 7 rings (SSSR count). The van der Waals surface area contributed by atoms with Gasteiger partial charge in [0.05, 0.1) is 38.2 Å². The highest BCUT2D eigenvalue weighted by Gasteiger charge is 2.70. The minimum atomic E-state index is -1.42. The number of benzene rings is 3. The fourth-order valence-electron chi connectivity index (χ4n) is 7.14. The molecule has 1 fully saturated rings. The number of carbonyl (C=O) groups is 3. The van der Waals surface area contributed by atoms with Gasteiger partial charge in [0, 0.05) is 17.5 Å². The number of methoxy groups -OCH3 is 3. The average molecular weight is 593 g/mol. The van der Waals surface area contributed by atoms with Crippen LogP contribution in [0.2, 0.25) is 0 Å². The van der Waals surface area contributed by atoms with Crippen molar-refractivity contribution in [2.75, 3.05) is 26.6 Å². The second-order valence-electron chi connectivity index (χ2n) is 10.7. The molecule has 8 nitrogen and oxygen atoms in total. The van der Waals surface area contributed by atoms with Gasteiger partial charge in [0.1, 0.15) is 11.5 Å². The number of fused-ring (bicyclic) bond motifs is 6. The number of hydrogen-bond acceptors (Lipinski definition) is 8. The summed E-state index contributed by atoms with van der Waals surface area (Å²) in [4.78, 5) is 46.6. The smallest absolute Gasteiger partial charge is 0.238 e. The van der Waals surface area contributed by atoms with Crippen molar-refractivity contribution in [1.82, 2.24) is 4.90 Å². The maximum atomic E-state index is 15.1. The molecule has 3 aliphatic heterocycles. The van der Waals surface area contributed by atoms with Crippen LogP contribution >= 0.6 is 11.3 Å². The Morgan fingerprint density at radius 2 is 1.60 bits per heavy atom. The summed E-state index contributed by atoms with van der Waals surface area (Å²) in [7, 11) is 4.45.